The van der Waals surface area contributed by atoms with E-state index in [1.165, 1.54) is 9.75 Å². The quantitative estimate of drug-likeness (QED) is 0.836. The molecular weight excluding hydrogens is 242 g/mol. The summed E-state index contributed by atoms with van der Waals surface area (Å²) in [5, 5.41) is 0. The van der Waals surface area contributed by atoms with Crippen LogP contribution in [0.15, 0.2) is 12.1 Å². The normalized spacial score (nSPS) is 27.4. The van der Waals surface area contributed by atoms with Crippen LogP contribution in [0.5, 0.6) is 0 Å². The van der Waals surface area contributed by atoms with E-state index in [0.717, 1.165) is 19.4 Å². The van der Waals surface area contributed by atoms with Crippen LogP contribution in [0.3, 0.4) is 0 Å². The molecule has 1 aromatic rings. The third-order valence-corrected chi connectivity index (χ3v) is 5.25. The second kappa shape index (κ2) is 5.54. The lowest BCUT2D eigenvalue weighted by atomic mass is 9.89. The molecule has 1 aliphatic rings. The molecule has 2 rings (SSSR count). The Morgan fingerprint density at radius 2 is 2.17 bits per heavy atom. The minimum Gasteiger partial charge on any atom is -0.299 e. The van der Waals surface area contributed by atoms with E-state index >= 15 is 0 Å². The van der Waals surface area contributed by atoms with E-state index in [-0.39, 0.29) is 5.92 Å². The van der Waals surface area contributed by atoms with Crippen molar-refractivity contribution in [2.24, 2.45) is 5.92 Å². The molecule has 0 aliphatic carbocycles. The number of aryl methyl sites for hydroxylation is 1. The number of thiophene rings is 1. The molecule has 0 amide bonds. The number of carbonyl (C=O) groups excluding carboxylic acids is 1. The van der Waals surface area contributed by atoms with Crippen molar-refractivity contribution < 1.29 is 4.79 Å². The number of carbonyl (C=O) groups is 1. The third-order valence-electron chi connectivity index (χ3n) is 4.23. The lowest BCUT2D eigenvalue weighted by molar-refractivity contribution is -0.128. The zero-order chi connectivity index (χ0) is 13.3. The minimum absolute atomic E-state index is 0.186. The number of hydrogen-bond acceptors (Lipinski definition) is 3. The van der Waals surface area contributed by atoms with Crippen LogP contribution in [-0.2, 0) is 11.2 Å². The summed E-state index contributed by atoms with van der Waals surface area (Å²) >= 11 is 1.89. The smallest absolute Gasteiger partial charge is 0.138 e. The standard InChI is InChI=1S/C15H23NOS/c1-10(9-14-6-5-11(2)18-14)16-8-7-15(17)12(3)13(16)4/h5-6,10,12-13H,7-9H2,1-4H3. The van der Waals surface area contributed by atoms with Gasteiger partial charge in [-0.2, -0.15) is 0 Å². The van der Waals surface area contributed by atoms with Crippen LogP contribution in [0.2, 0.25) is 0 Å². The maximum atomic E-state index is 11.7. The number of nitrogens with zero attached hydrogens (tertiary/aromatic N) is 1. The second-order valence-electron chi connectivity index (χ2n) is 5.55. The Morgan fingerprint density at radius 1 is 1.44 bits per heavy atom. The largest absolute Gasteiger partial charge is 0.299 e. The van der Waals surface area contributed by atoms with E-state index in [9.17, 15) is 4.79 Å². The van der Waals surface area contributed by atoms with Crippen molar-refractivity contribution in [1.29, 1.82) is 0 Å². The molecule has 0 aromatic carbocycles. The Morgan fingerprint density at radius 3 is 2.78 bits per heavy atom. The van der Waals surface area contributed by atoms with Gasteiger partial charge in [0.25, 0.3) is 0 Å². The van der Waals surface area contributed by atoms with E-state index in [0.29, 0.717) is 17.9 Å². The molecule has 3 atom stereocenters. The fraction of sp³-hybridized carbons (Fsp3) is 0.667. The van der Waals surface area contributed by atoms with Gasteiger partial charge in [0, 0.05) is 40.7 Å². The monoisotopic (exact) mass is 265 g/mol. The Labute approximate surface area is 114 Å². The van der Waals surface area contributed by atoms with Crippen LogP contribution in [0.1, 0.15) is 36.9 Å². The van der Waals surface area contributed by atoms with Gasteiger partial charge in [-0.15, -0.1) is 11.3 Å². The molecular formula is C15H23NOS. The second-order valence-corrected chi connectivity index (χ2v) is 6.92. The summed E-state index contributed by atoms with van der Waals surface area (Å²) in [6.45, 7) is 9.63. The van der Waals surface area contributed by atoms with Gasteiger partial charge >= 0.3 is 0 Å². The predicted octanol–water partition coefficient (Wildman–Crippen LogP) is 3.29. The van der Waals surface area contributed by atoms with Gasteiger partial charge in [0.05, 0.1) is 0 Å². The molecule has 3 heteroatoms. The highest BCUT2D eigenvalue weighted by Crippen LogP contribution is 2.25. The van der Waals surface area contributed by atoms with Gasteiger partial charge in [-0.25, -0.2) is 0 Å². The fourth-order valence-electron chi connectivity index (χ4n) is 2.85. The number of rotatable bonds is 3. The molecule has 0 radical (unpaired) electrons. The van der Waals surface area contributed by atoms with Crippen molar-refractivity contribution in [3.8, 4) is 0 Å². The van der Waals surface area contributed by atoms with Gasteiger partial charge in [0.2, 0.25) is 0 Å². The summed E-state index contributed by atoms with van der Waals surface area (Å²) in [6, 6.07) is 5.33. The molecule has 2 heterocycles. The number of hydrogen-bond donors (Lipinski definition) is 0. The number of likely N-dealkylation sites (tertiary alicyclic amines) is 1. The van der Waals surface area contributed by atoms with Crippen LogP contribution in [0.4, 0.5) is 0 Å². The Kier molecular flexibility index (Phi) is 4.23. The van der Waals surface area contributed by atoms with Crippen molar-refractivity contribution in [2.75, 3.05) is 6.54 Å². The van der Waals surface area contributed by atoms with Crippen molar-refractivity contribution in [3.63, 3.8) is 0 Å². The van der Waals surface area contributed by atoms with Crippen LogP contribution < -0.4 is 0 Å². The van der Waals surface area contributed by atoms with E-state index < -0.39 is 0 Å². The van der Waals surface area contributed by atoms with Crippen LogP contribution in [0, 0.1) is 12.8 Å². The molecule has 2 nitrogen and oxygen atoms in total. The molecule has 0 saturated carbocycles. The fourth-order valence-corrected chi connectivity index (χ4v) is 3.86. The highest BCUT2D eigenvalue weighted by atomic mass is 32.1. The summed E-state index contributed by atoms with van der Waals surface area (Å²) in [6.07, 6.45) is 1.82. The van der Waals surface area contributed by atoms with Gasteiger partial charge in [-0.1, -0.05) is 6.92 Å². The van der Waals surface area contributed by atoms with Crippen LogP contribution in [0.25, 0.3) is 0 Å². The molecule has 0 bridgehead atoms. The Hall–Kier alpha value is -0.670. The Bertz CT molecular complexity index is 426. The number of piperidine rings is 1. The maximum Gasteiger partial charge on any atom is 0.138 e. The molecule has 1 fully saturated rings. The molecule has 18 heavy (non-hydrogen) atoms. The first-order chi connectivity index (χ1) is 8.49. The number of Topliss-reactive ketones (excluding diaryl/α,β-unsaturated/α-hetero) is 1. The topological polar surface area (TPSA) is 20.3 Å². The maximum absolute atomic E-state index is 11.7. The number of ketones is 1. The SMILES string of the molecule is Cc1ccc(CC(C)N2CCC(=O)C(C)C2C)s1. The van der Waals surface area contributed by atoms with E-state index in [4.69, 9.17) is 0 Å². The van der Waals surface area contributed by atoms with Crippen molar-refractivity contribution in [3.05, 3.63) is 21.9 Å². The molecule has 1 aliphatic heterocycles. The predicted molar refractivity (Wildman–Crippen MR) is 77.2 cm³/mol. The molecule has 0 N–H and O–H groups in total. The van der Waals surface area contributed by atoms with Crippen molar-refractivity contribution in [2.45, 2.75) is 52.6 Å². The first-order valence-electron chi connectivity index (χ1n) is 6.83. The summed E-state index contributed by atoms with van der Waals surface area (Å²) in [7, 11) is 0. The summed E-state index contributed by atoms with van der Waals surface area (Å²) in [4.78, 5) is 17.0. The van der Waals surface area contributed by atoms with E-state index in [1.807, 2.05) is 11.3 Å². The van der Waals surface area contributed by atoms with Gasteiger partial charge in [-0.05, 0) is 39.3 Å². The first-order valence-corrected chi connectivity index (χ1v) is 7.64. The average molecular weight is 265 g/mol. The van der Waals surface area contributed by atoms with Crippen LogP contribution in [-0.4, -0.2) is 29.3 Å². The van der Waals surface area contributed by atoms with Crippen molar-refractivity contribution in [1.82, 2.24) is 4.90 Å². The van der Waals surface area contributed by atoms with Crippen molar-refractivity contribution >= 4 is 17.1 Å². The molecule has 1 aromatic heterocycles. The van der Waals surface area contributed by atoms with Gasteiger partial charge < -0.3 is 0 Å². The zero-order valence-corrected chi connectivity index (χ0v) is 12.6. The highest BCUT2D eigenvalue weighted by Gasteiger charge is 2.33. The Balaban J connectivity index is 2.00. The summed E-state index contributed by atoms with van der Waals surface area (Å²) in [5.74, 6) is 0.615. The molecule has 0 spiro atoms. The molecule has 1 saturated heterocycles. The first kappa shape index (κ1) is 13.8. The van der Waals surface area contributed by atoms with Gasteiger partial charge in [0.1, 0.15) is 5.78 Å². The summed E-state index contributed by atoms with van der Waals surface area (Å²) < 4.78 is 0. The molecule has 100 valence electrons. The highest BCUT2D eigenvalue weighted by molar-refractivity contribution is 7.11. The molecule has 3 unspecified atom stereocenters. The zero-order valence-electron chi connectivity index (χ0n) is 11.8. The lowest BCUT2D eigenvalue weighted by Crippen LogP contribution is -2.51. The van der Waals surface area contributed by atoms with Crippen LogP contribution >= 0.6 is 11.3 Å². The lowest BCUT2D eigenvalue weighted by Gasteiger charge is -2.40. The minimum atomic E-state index is 0.186. The average Bonchev–Trinajstić information content (AvgIpc) is 2.71. The summed E-state index contributed by atoms with van der Waals surface area (Å²) in [5.41, 5.74) is 0. The van der Waals surface area contributed by atoms with Gasteiger partial charge in [0.15, 0.2) is 0 Å². The van der Waals surface area contributed by atoms with E-state index in [2.05, 4.69) is 44.7 Å². The third kappa shape index (κ3) is 2.83. The van der Waals surface area contributed by atoms with E-state index in [1.54, 1.807) is 0 Å². The van der Waals surface area contributed by atoms with Gasteiger partial charge in [-0.3, -0.25) is 9.69 Å².